The number of hydrogen-bond donors (Lipinski definition) is 3. The Morgan fingerprint density at radius 2 is 2.21 bits per heavy atom. The number of hydrogen-bond acceptors (Lipinski definition) is 2. The molecule has 2 atom stereocenters. The average molecular weight is 283 g/mol. The number of nitrogens with one attached hydrogen (secondary N) is 2. The Morgan fingerprint density at radius 1 is 1.47 bits per heavy atom. The van der Waals surface area contributed by atoms with Gasteiger partial charge in [0.25, 0.3) is 0 Å². The molecule has 102 valence electrons. The molecule has 1 fully saturated rings. The van der Waals surface area contributed by atoms with E-state index < -0.39 is 12.0 Å². The van der Waals surface area contributed by atoms with Crippen LogP contribution in [0.15, 0.2) is 18.2 Å². The third-order valence-corrected chi connectivity index (χ3v) is 3.46. The Bertz CT molecular complexity index is 519. The smallest absolute Gasteiger partial charge is 0.337 e. The summed E-state index contributed by atoms with van der Waals surface area (Å²) in [7, 11) is 0. The maximum atomic E-state index is 11.8. The van der Waals surface area contributed by atoms with Crippen LogP contribution in [0.1, 0.15) is 30.1 Å². The number of carbonyl (C=O) groups excluding carboxylic acids is 1. The van der Waals surface area contributed by atoms with E-state index >= 15 is 0 Å². The van der Waals surface area contributed by atoms with E-state index in [1.807, 2.05) is 0 Å². The lowest BCUT2D eigenvalue weighted by atomic mass is 10.2. The molecule has 1 aliphatic carbocycles. The standard InChI is InChI=1S/C13H15ClN2O3/c1-2-7-5-10(7)15-13(19)16-11-6-8(14)3-4-9(11)12(17)18/h3-4,6-7,10H,2,5H2,1H3,(H,17,18)(H2,15,16,19). The van der Waals surface area contributed by atoms with Crippen LogP contribution in [0, 0.1) is 5.92 Å². The van der Waals surface area contributed by atoms with Crippen LogP contribution in [-0.4, -0.2) is 23.1 Å². The molecule has 19 heavy (non-hydrogen) atoms. The molecule has 0 saturated heterocycles. The van der Waals surface area contributed by atoms with Crippen LogP contribution in [-0.2, 0) is 0 Å². The monoisotopic (exact) mass is 282 g/mol. The summed E-state index contributed by atoms with van der Waals surface area (Å²) in [6.45, 7) is 2.07. The Balaban J connectivity index is 2.03. The zero-order chi connectivity index (χ0) is 14.0. The average Bonchev–Trinajstić information content (AvgIpc) is 3.06. The van der Waals surface area contributed by atoms with Crippen molar-refractivity contribution < 1.29 is 14.7 Å². The minimum absolute atomic E-state index is 0.0161. The van der Waals surface area contributed by atoms with Crippen LogP contribution in [0.5, 0.6) is 0 Å². The molecule has 1 aromatic rings. The minimum Gasteiger partial charge on any atom is -0.478 e. The molecule has 0 aromatic heterocycles. The van der Waals surface area contributed by atoms with E-state index in [9.17, 15) is 9.59 Å². The summed E-state index contributed by atoms with van der Waals surface area (Å²) in [6, 6.07) is 4.06. The van der Waals surface area contributed by atoms with E-state index in [0.717, 1.165) is 12.8 Å². The topological polar surface area (TPSA) is 78.4 Å². The van der Waals surface area contributed by atoms with Gasteiger partial charge in [-0.2, -0.15) is 0 Å². The van der Waals surface area contributed by atoms with Gasteiger partial charge in [-0.05, 0) is 30.5 Å². The van der Waals surface area contributed by atoms with E-state index in [0.29, 0.717) is 10.9 Å². The first-order valence-electron chi connectivity index (χ1n) is 6.11. The second-order valence-corrected chi connectivity index (χ2v) is 5.04. The van der Waals surface area contributed by atoms with Gasteiger partial charge in [-0.1, -0.05) is 24.9 Å². The molecule has 3 N–H and O–H groups in total. The number of halogens is 1. The second-order valence-electron chi connectivity index (χ2n) is 4.60. The predicted octanol–water partition coefficient (Wildman–Crippen LogP) is 2.96. The summed E-state index contributed by atoms with van der Waals surface area (Å²) in [6.07, 6.45) is 2.01. The van der Waals surface area contributed by atoms with Gasteiger partial charge in [0.1, 0.15) is 0 Å². The second kappa shape index (κ2) is 5.48. The molecular formula is C13H15ClN2O3. The molecule has 2 rings (SSSR count). The van der Waals surface area contributed by atoms with Crippen molar-refractivity contribution in [2.45, 2.75) is 25.8 Å². The quantitative estimate of drug-likeness (QED) is 0.794. The van der Waals surface area contributed by atoms with Gasteiger partial charge in [-0.3, -0.25) is 0 Å². The zero-order valence-corrected chi connectivity index (χ0v) is 11.2. The molecule has 0 spiro atoms. The first-order valence-corrected chi connectivity index (χ1v) is 6.49. The lowest BCUT2D eigenvalue weighted by molar-refractivity contribution is 0.0698. The van der Waals surface area contributed by atoms with Crippen molar-refractivity contribution in [2.75, 3.05) is 5.32 Å². The fourth-order valence-corrected chi connectivity index (χ4v) is 2.18. The third kappa shape index (κ3) is 3.38. The van der Waals surface area contributed by atoms with Crippen LogP contribution < -0.4 is 10.6 Å². The summed E-state index contributed by atoms with van der Waals surface area (Å²) in [4.78, 5) is 22.8. The number of benzene rings is 1. The molecule has 1 aliphatic rings. The van der Waals surface area contributed by atoms with Crippen LogP contribution in [0.3, 0.4) is 0 Å². The lowest BCUT2D eigenvalue weighted by Crippen LogP contribution is -2.32. The molecule has 1 saturated carbocycles. The van der Waals surface area contributed by atoms with Crippen molar-refractivity contribution >= 4 is 29.3 Å². The molecule has 0 aliphatic heterocycles. The minimum atomic E-state index is -1.11. The largest absolute Gasteiger partial charge is 0.478 e. The highest BCUT2D eigenvalue weighted by Crippen LogP contribution is 2.33. The van der Waals surface area contributed by atoms with Gasteiger partial charge in [0, 0.05) is 11.1 Å². The first kappa shape index (κ1) is 13.7. The highest BCUT2D eigenvalue weighted by atomic mass is 35.5. The number of rotatable bonds is 4. The van der Waals surface area contributed by atoms with Gasteiger partial charge >= 0.3 is 12.0 Å². The number of anilines is 1. The Labute approximate surface area is 116 Å². The summed E-state index contributed by atoms with van der Waals surface area (Å²) in [5.41, 5.74) is 0.216. The fraction of sp³-hybridized carbons (Fsp3) is 0.385. The van der Waals surface area contributed by atoms with Crippen molar-refractivity contribution in [1.29, 1.82) is 0 Å². The van der Waals surface area contributed by atoms with E-state index in [2.05, 4.69) is 17.6 Å². The normalized spacial score (nSPS) is 20.7. The Kier molecular flexibility index (Phi) is 3.95. The van der Waals surface area contributed by atoms with E-state index in [1.165, 1.54) is 18.2 Å². The number of amides is 2. The van der Waals surface area contributed by atoms with Crippen LogP contribution in [0.2, 0.25) is 5.02 Å². The van der Waals surface area contributed by atoms with Gasteiger partial charge < -0.3 is 15.7 Å². The molecule has 2 unspecified atom stereocenters. The summed E-state index contributed by atoms with van der Waals surface area (Å²) < 4.78 is 0. The van der Waals surface area contributed by atoms with Crippen LogP contribution >= 0.6 is 11.6 Å². The molecule has 0 bridgehead atoms. The molecule has 6 heteroatoms. The van der Waals surface area contributed by atoms with E-state index in [-0.39, 0.29) is 17.3 Å². The van der Waals surface area contributed by atoms with Gasteiger partial charge in [0.15, 0.2) is 0 Å². The number of aromatic carboxylic acids is 1. The predicted molar refractivity (Wildman–Crippen MR) is 72.8 cm³/mol. The number of urea groups is 1. The Hall–Kier alpha value is -1.75. The summed E-state index contributed by atoms with van der Waals surface area (Å²) in [5, 5.41) is 14.7. The summed E-state index contributed by atoms with van der Waals surface area (Å²) in [5.74, 6) is -0.575. The maximum Gasteiger partial charge on any atom is 0.337 e. The summed E-state index contributed by atoms with van der Waals surface area (Å²) >= 11 is 5.80. The molecule has 0 radical (unpaired) electrons. The molecule has 1 aromatic carbocycles. The molecular weight excluding hydrogens is 268 g/mol. The van der Waals surface area contributed by atoms with Crippen molar-refractivity contribution in [2.24, 2.45) is 5.92 Å². The van der Waals surface area contributed by atoms with Gasteiger partial charge in [0.05, 0.1) is 11.3 Å². The van der Waals surface area contributed by atoms with Gasteiger partial charge in [-0.15, -0.1) is 0 Å². The van der Waals surface area contributed by atoms with Crippen molar-refractivity contribution in [3.05, 3.63) is 28.8 Å². The van der Waals surface area contributed by atoms with Crippen molar-refractivity contribution in [3.63, 3.8) is 0 Å². The van der Waals surface area contributed by atoms with Gasteiger partial charge in [0.2, 0.25) is 0 Å². The van der Waals surface area contributed by atoms with Crippen molar-refractivity contribution in [3.8, 4) is 0 Å². The molecule has 2 amide bonds. The fourth-order valence-electron chi connectivity index (χ4n) is 2.01. The van der Waals surface area contributed by atoms with E-state index in [4.69, 9.17) is 16.7 Å². The lowest BCUT2D eigenvalue weighted by Gasteiger charge is -2.10. The van der Waals surface area contributed by atoms with Crippen LogP contribution in [0.25, 0.3) is 0 Å². The Morgan fingerprint density at radius 3 is 2.79 bits per heavy atom. The first-order chi connectivity index (χ1) is 9.01. The highest BCUT2D eigenvalue weighted by molar-refractivity contribution is 6.31. The SMILES string of the molecule is CCC1CC1NC(=O)Nc1cc(Cl)ccc1C(=O)O. The zero-order valence-electron chi connectivity index (χ0n) is 10.4. The third-order valence-electron chi connectivity index (χ3n) is 3.22. The number of carboxylic acid groups (broad SMARTS) is 1. The van der Waals surface area contributed by atoms with E-state index in [1.54, 1.807) is 0 Å². The van der Waals surface area contributed by atoms with Crippen molar-refractivity contribution in [1.82, 2.24) is 5.32 Å². The van der Waals surface area contributed by atoms with Crippen LogP contribution in [0.4, 0.5) is 10.5 Å². The number of carbonyl (C=O) groups is 2. The highest BCUT2D eigenvalue weighted by Gasteiger charge is 2.36. The molecule has 0 heterocycles. The van der Waals surface area contributed by atoms with Gasteiger partial charge in [-0.25, -0.2) is 9.59 Å². The molecule has 5 nitrogen and oxygen atoms in total. The number of carboxylic acids is 1. The maximum absolute atomic E-state index is 11.8.